The fourth-order valence-electron chi connectivity index (χ4n) is 3.79. The second-order valence-corrected chi connectivity index (χ2v) is 6.65. The minimum absolute atomic E-state index is 0.0449. The molecule has 0 bridgehead atoms. The molecule has 4 rings (SSSR count). The van der Waals surface area contributed by atoms with Crippen LogP contribution in [0.5, 0.6) is 0 Å². The van der Waals surface area contributed by atoms with Crippen LogP contribution in [0.1, 0.15) is 53.5 Å². The molecule has 1 saturated heterocycles. The molecule has 2 aliphatic rings. The predicted octanol–water partition coefficient (Wildman–Crippen LogP) is 1.59. The van der Waals surface area contributed by atoms with E-state index in [4.69, 9.17) is 4.52 Å². The summed E-state index contributed by atoms with van der Waals surface area (Å²) in [6.07, 6.45) is 9.97. The third-order valence-corrected chi connectivity index (χ3v) is 5.18. The minimum atomic E-state index is -0.483. The van der Waals surface area contributed by atoms with Gasteiger partial charge in [0.1, 0.15) is 5.76 Å². The highest BCUT2D eigenvalue weighted by molar-refractivity contribution is 5.94. The zero-order chi connectivity index (χ0) is 16.5. The minimum Gasteiger partial charge on any atom is -0.391 e. The molecule has 2 aromatic rings. The summed E-state index contributed by atoms with van der Waals surface area (Å²) in [5, 5.41) is 14.5. The number of rotatable bonds is 2. The van der Waals surface area contributed by atoms with E-state index in [9.17, 15) is 9.90 Å². The van der Waals surface area contributed by atoms with Crippen LogP contribution in [0.15, 0.2) is 23.2 Å². The average Bonchev–Trinajstić information content (AvgIpc) is 3.23. The summed E-state index contributed by atoms with van der Waals surface area (Å²) in [6.45, 7) is 1.13. The molecule has 1 aliphatic carbocycles. The van der Waals surface area contributed by atoms with Gasteiger partial charge in [0.25, 0.3) is 5.91 Å². The van der Waals surface area contributed by atoms with Crippen molar-refractivity contribution in [2.24, 2.45) is 0 Å². The van der Waals surface area contributed by atoms with Crippen LogP contribution in [0.4, 0.5) is 0 Å². The maximum absolute atomic E-state index is 12.9. The molecule has 0 saturated carbocycles. The van der Waals surface area contributed by atoms with E-state index in [0.717, 1.165) is 37.0 Å². The van der Waals surface area contributed by atoms with Crippen LogP contribution >= 0.6 is 0 Å². The number of aromatic nitrogens is 3. The van der Waals surface area contributed by atoms with E-state index in [2.05, 4.69) is 10.1 Å². The van der Waals surface area contributed by atoms with Gasteiger partial charge < -0.3 is 19.1 Å². The number of amides is 1. The number of aliphatic hydroxyl groups is 1. The second kappa shape index (κ2) is 6.39. The van der Waals surface area contributed by atoms with Gasteiger partial charge in [-0.15, -0.1) is 0 Å². The summed E-state index contributed by atoms with van der Waals surface area (Å²) >= 11 is 0. The molecule has 0 aromatic carbocycles. The first-order valence-electron chi connectivity index (χ1n) is 8.66. The smallest absolute Gasteiger partial charge is 0.276 e. The number of hydrogen-bond donors (Lipinski definition) is 1. The Morgan fingerprint density at radius 1 is 1.25 bits per heavy atom. The number of likely N-dealkylation sites (tertiary alicyclic amines) is 1. The Morgan fingerprint density at radius 2 is 2.08 bits per heavy atom. The van der Waals surface area contributed by atoms with Crippen LogP contribution < -0.4 is 0 Å². The molecule has 1 N–H and O–H groups in total. The van der Waals surface area contributed by atoms with Crippen LogP contribution in [-0.4, -0.2) is 49.8 Å². The Balaban J connectivity index is 1.51. The van der Waals surface area contributed by atoms with Gasteiger partial charge >= 0.3 is 0 Å². The van der Waals surface area contributed by atoms with E-state index < -0.39 is 6.10 Å². The number of aliphatic hydroxyl groups excluding tert-OH is 1. The first-order chi connectivity index (χ1) is 11.7. The number of fused-ring (bicyclic) bond motifs is 1. The summed E-state index contributed by atoms with van der Waals surface area (Å²) in [5.41, 5.74) is 1.46. The molecule has 1 amide bonds. The van der Waals surface area contributed by atoms with Gasteiger partial charge in [0.05, 0.1) is 18.5 Å². The normalized spacial score (nSPS) is 24.5. The molecule has 7 nitrogen and oxygen atoms in total. The number of hydrogen-bond acceptors (Lipinski definition) is 5. The largest absolute Gasteiger partial charge is 0.391 e. The third-order valence-electron chi connectivity index (χ3n) is 5.18. The van der Waals surface area contributed by atoms with E-state index in [0.29, 0.717) is 31.6 Å². The number of nitrogens with zero attached hydrogens (tertiary/aromatic N) is 4. The maximum Gasteiger partial charge on any atom is 0.276 e. The van der Waals surface area contributed by atoms with Crippen molar-refractivity contribution in [1.82, 2.24) is 19.6 Å². The van der Waals surface area contributed by atoms with Gasteiger partial charge in [-0.05, 0) is 32.1 Å². The molecule has 2 atom stereocenters. The van der Waals surface area contributed by atoms with Crippen molar-refractivity contribution >= 4 is 5.91 Å². The van der Waals surface area contributed by atoms with Crippen LogP contribution in [0, 0.1) is 0 Å². The van der Waals surface area contributed by atoms with Crippen molar-refractivity contribution in [2.75, 3.05) is 13.1 Å². The number of carbonyl (C=O) groups excluding carboxylic acids is 1. The van der Waals surface area contributed by atoms with E-state index >= 15 is 0 Å². The second-order valence-electron chi connectivity index (χ2n) is 6.65. The van der Waals surface area contributed by atoms with E-state index in [-0.39, 0.29) is 11.9 Å². The molecule has 128 valence electrons. The first-order valence-corrected chi connectivity index (χ1v) is 8.66. The topological polar surface area (TPSA) is 84.4 Å². The number of imidazole rings is 1. The van der Waals surface area contributed by atoms with Crippen molar-refractivity contribution in [3.63, 3.8) is 0 Å². The lowest BCUT2D eigenvalue weighted by Crippen LogP contribution is -2.33. The Hall–Kier alpha value is -2.15. The Kier molecular flexibility index (Phi) is 4.10. The summed E-state index contributed by atoms with van der Waals surface area (Å²) in [5.74, 6) is 0.802. The SMILES string of the molecule is O=C(c1noc2c1CCCC2)N1CC[C@H](O)[C@@H](n2ccnc2)CC1. The van der Waals surface area contributed by atoms with Gasteiger partial charge in [0.2, 0.25) is 0 Å². The van der Waals surface area contributed by atoms with Crippen molar-refractivity contribution in [3.8, 4) is 0 Å². The van der Waals surface area contributed by atoms with Crippen molar-refractivity contribution in [1.29, 1.82) is 0 Å². The fraction of sp³-hybridized carbons (Fsp3) is 0.588. The zero-order valence-corrected chi connectivity index (χ0v) is 13.6. The quantitative estimate of drug-likeness (QED) is 0.904. The Labute approximate surface area is 140 Å². The Morgan fingerprint density at radius 3 is 2.92 bits per heavy atom. The molecule has 1 aliphatic heterocycles. The van der Waals surface area contributed by atoms with Crippen LogP contribution in [-0.2, 0) is 12.8 Å². The molecule has 1 fully saturated rings. The molecule has 0 radical (unpaired) electrons. The third kappa shape index (κ3) is 2.73. The van der Waals surface area contributed by atoms with Crippen LogP contribution in [0.3, 0.4) is 0 Å². The molecule has 3 heterocycles. The highest BCUT2D eigenvalue weighted by atomic mass is 16.5. The van der Waals surface area contributed by atoms with Crippen molar-refractivity contribution in [2.45, 2.75) is 50.7 Å². The van der Waals surface area contributed by atoms with E-state index in [1.807, 2.05) is 10.8 Å². The lowest BCUT2D eigenvalue weighted by molar-refractivity contribution is 0.0740. The highest BCUT2D eigenvalue weighted by Gasteiger charge is 2.31. The summed E-state index contributed by atoms with van der Waals surface area (Å²) < 4.78 is 7.30. The molecule has 0 spiro atoms. The van der Waals surface area contributed by atoms with E-state index in [1.54, 1.807) is 17.4 Å². The maximum atomic E-state index is 12.9. The lowest BCUT2D eigenvalue weighted by atomic mass is 9.96. The van der Waals surface area contributed by atoms with Gasteiger partial charge in [-0.25, -0.2) is 4.98 Å². The standard InChI is InChI=1S/C17H22N4O3/c22-14-6-9-20(8-5-13(14)21-10-7-18-11-21)17(23)16-12-3-1-2-4-15(12)24-19-16/h7,10-11,13-14,22H,1-6,8-9H2/t13-,14-/m0/s1. The predicted molar refractivity (Wildman–Crippen MR) is 85.6 cm³/mol. The molecule has 0 unspecified atom stereocenters. The van der Waals surface area contributed by atoms with Crippen molar-refractivity contribution < 1.29 is 14.4 Å². The fourth-order valence-corrected chi connectivity index (χ4v) is 3.79. The molecular weight excluding hydrogens is 308 g/mol. The molecular formula is C17H22N4O3. The Bertz CT molecular complexity index is 709. The average molecular weight is 330 g/mol. The lowest BCUT2D eigenvalue weighted by Gasteiger charge is -2.21. The summed E-state index contributed by atoms with van der Waals surface area (Å²) in [4.78, 5) is 18.7. The van der Waals surface area contributed by atoms with Gasteiger partial charge in [0, 0.05) is 37.5 Å². The summed E-state index contributed by atoms with van der Waals surface area (Å²) in [6, 6.07) is -0.0449. The number of carbonyl (C=O) groups is 1. The molecule has 2 aromatic heterocycles. The monoisotopic (exact) mass is 330 g/mol. The van der Waals surface area contributed by atoms with Gasteiger partial charge in [-0.3, -0.25) is 4.79 Å². The summed E-state index contributed by atoms with van der Waals surface area (Å²) in [7, 11) is 0. The van der Waals surface area contributed by atoms with Gasteiger partial charge in [-0.2, -0.15) is 0 Å². The number of aryl methyl sites for hydroxylation is 1. The van der Waals surface area contributed by atoms with Crippen LogP contribution in [0.25, 0.3) is 0 Å². The zero-order valence-electron chi connectivity index (χ0n) is 13.6. The van der Waals surface area contributed by atoms with Gasteiger partial charge in [0.15, 0.2) is 5.69 Å². The highest BCUT2D eigenvalue weighted by Crippen LogP contribution is 2.27. The van der Waals surface area contributed by atoms with E-state index in [1.165, 1.54) is 0 Å². The van der Waals surface area contributed by atoms with Gasteiger partial charge in [-0.1, -0.05) is 5.16 Å². The van der Waals surface area contributed by atoms with Crippen molar-refractivity contribution in [3.05, 3.63) is 35.7 Å². The van der Waals surface area contributed by atoms with Crippen LogP contribution in [0.2, 0.25) is 0 Å². The molecule has 24 heavy (non-hydrogen) atoms. The molecule has 7 heteroatoms. The first kappa shape index (κ1) is 15.4.